The standard InChI is InChI=1S/C42H78NO11P/c1-4-6-8-10-12-14-16-18-20-22-24-26-28-30-41(46)51-36-38(37-53-55(48,49)52-35-34-43-39(44)32-33-40(45)50-3)54-42(47)31-29-27-25-23-21-19-17-15-13-11-9-7-5-2/h3,38H,4-37H2,1-2H3,(H,43,44)(H,48,49). The molecule has 2 N–H and O–H groups in total. The second-order valence-corrected chi connectivity index (χ2v) is 16.2. The van der Waals surface area contributed by atoms with Gasteiger partial charge in [0, 0.05) is 25.8 Å². The van der Waals surface area contributed by atoms with E-state index in [2.05, 4.69) is 23.9 Å². The van der Waals surface area contributed by atoms with Crippen molar-refractivity contribution in [2.24, 2.45) is 0 Å². The molecular formula is C42H78NO11P. The summed E-state index contributed by atoms with van der Waals surface area (Å²) in [6.07, 6.45) is 29.9. The highest BCUT2D eigenvalue weighted by Gasteiger charge is 2.26. The molecule has 55 heavy (non-hydrogen) atoms. The smallest absolute Gasteiger partial charge is 0.462 e. The molecule has 0 bridgehead atoms. The zero-order valence-electron chi connectivity index (χ0n) is 34.7. The second kappa shape index (κ2) is 38.8. The summed E-state index contributed by atoms with van der Waals surface area (Å²) in [6.45, 7) is 3.14. The number of rotatable bonds is 41. The molecule has 13 heteroatoms. The molecule has 0 aromatic rings. The van der Waals surface area contributed by atoms with E-state index in [9.17, 15) is 28.6 Å². The molecule has 322 valence electrons. The maximum atomic E-state index is 12.7. The van der Waals surface area contributed by atoms with Crippen LogP contribution >= 0.6 is 7.82 Å². The van der Waals surface area contributed by atoms with Crippen molar-refractivity contribution in [3.05, 3.63) is 7.11 Å². The van der Waals surface area contributed by atoms with Crippen molar-refractivity contribution >= 4 is 31.6 Å². The highest BCUT2D eigenvalue weighted by Crippen LogP contribution is 2.43. The van der Waals surface area contributed by atoms with Crippen LogP contribution < -0.4 is 5.32 Å². The Bertz CT molecular complexity index is 997. The van der Waals surface area contributed by atoms with Crippen molar-refractivity contribution in [3.8, 4) is 0 Å². The number of nitrogens with one attached hydrogen (secondary N) is 1. The van der Waals surface area contributed by atoms with Crippen molar-refractivity contribution in [3.63, 3.8) is 0 Å². The summed E-state index contributed by atoms with van der Waals surface area (Å²) in [5, 5.41) is 2.43. The number of phosphoric ester groups is 1. The molecule has 2 atom stereocenters. The Morgan fingerprint density at radius 3 is 1.40 bits per heavy atom. The Morgan fingerprint density at radius 2 is 0.964 bits per heavy atom. The van der Waals surface area contributed by atoms with Crippen molar-refractivity contribution in [2.75, 3.05) is 26.4 Å². The zero-order chi connectivity index (χ0) is 40.7. The van der Waals surface area contributed by atoms with Crippen LogP contribution in [-0.4, -0.2) is 61.2 Å². The van der Waals surface area contributed by atoms with Gasteiger partial charge in [-0.15, -0.1) is 0 Å². The van der Waals surface area contributed by atoms with E-state index >= 15 is 0 Å². The topological polar surface area (TPSA) is 164 Å². The SMILES string of the molecule is [CH]OC(=O)CCC(=O)NCCOP(=O)(O)OCC(COC(=O)CCCCCCCCCCCCCCC)OC(=O)CCCCCCCCCCCCCCC. The molecule has 0 aromatic heterocycles. The number of hydrogen-bond acceptors (Lipinski definition) is 10. The van der Waals surface area contributed by atoms with Crippen LogP contribution in [0.3, 0.4) is 0 Å². The van der Waals surface area contributed by atoms with Gasteiger partial charge < -0.3 is 24.4 Å². The molecule has 2 unspecified atom stereocenters. The number of esters is 3. The van der Waals surface area contributed by atoms with Crippen LogP contribution in [0.25, 0.3) is 0 Å². The molecule has 1 amide bonds. The maximum Gasteiger partial charge on any atom is 0.472 e. The van der Waals surface area contributed by atoms with Gasteiger partial charge in [0.25, 0.3) is 0 Å². The first-order valence-corrected chi connectivity index (χ1v) is 23.3. The number of unbranched alkanes of at least 4 members (excludes halogenated alkanes) is 24. The molecule has 0 aliphatic carbocycles. The summed E-state index contributed by atoms with van der Waals surface area (Å²) >= 11 is 0. The van der Waals surface area contributed by atoms with E-state index in [1.807, 2.05) is 0 Å². The summed E-state index contributed by atoms with van der Waals surface area (Å²) in [6, 6.07) is 0. The van der Waals surface area contributed by atoms with Crippen LogP contribution in [0.2, 0.25) is 0 Å². The molecule has 0 aliphatic heterocycles. The summed E-state index contributed by atoms with van der Waals surface area (Å²) in [7, 11) is 0.134. The van der Waals surface area contributed by atoms with Gasteiger partial charge in [0.2, 0.25) is 5.91 Å². The predicted molar refractivity (Wildman–Crippen MR) is 216 cm³/mol. The van der Waals surface area contributed by atoms with Crippen LogP contribution in [-0.2, 0) is 47.0 Å². The lowest BCUT2D eigenvalue weighted by atomic mass is 10.0. The van der Waals surface area contributed by atoms with E-state index in [1.165, 1.54) is 116 Å². The Balaban J connectivity index is 4.52. The highest BCUT2D eigenvalue weighted by atomic mass is 31.2. The summed E-state index contributed by atoms with van der Waals surface area (Å²) < 4.78 is 37.3. The fraction of sp³-hybridized carbons (Fsp3) is 0.881. The van der Waals surface area contributed by atoms with Gasteiger partial charge in [-0.3, -0.25) is 28.2 Å². The van der Waals surface area contributed by atoms with Gasteiger partial charge in [0.1, 0.15) is 6.61 Å². The highest BCUT2D eigenvalue weighted by molar-refractivity contribution is 7.47. The van der Waals surface area contributed by atoms with Gasteiger partial charge in [-0.25, -0.2) is 4.57 Å². The van der Waals surface area contributed by atoms with Gasteiger partial charge in [-0.05, 0) is 12.8 Å². The van der Waals surface area contributed by atoms with E-state index in [1.54, 1.807) is 0 Å². The number of carbonyl (C=O) groups is 4. The predicted octanol–water partition coefficient (Wildman–Crippen LogP) is 10.6. The molecule has 0 rings (SSSR count). The molecule has 0 saturated carbocycles. The molecule has 0 aliphatic rings. The minimum Gasteiger partial charge on any atom is -0.462 e. The maximum absolute atomic E-state index is 12.7. The average Bonchev–Trinajstić information content (AvgIpc) is 3.17. The molecule has 0 spiro atoms. The number of phosphoric acid groups is 1. The largest absolute Gasteiger partial charge is 0.472 e. The second-order valence-electron chi connectivity index (χ2n) is 14.7. The first-order valence-electron chi connectivity index (χ1n) is 21.8. The van der Waals surface area contributed by atoms with Crippen molar-refractivity contribution in [2.45, 2.75) is 213 Å². The number of amides is 1. The fourth-order valence-corrected chi connectivity index (χ4v) is 6.87. The lowest BCUT2D eigenvalue weighted by Gasteiger charge is -2.20. The quantitative estimate of drug-likeness (QED) is 0.0262. The number of hydrogen-bond donors (Lipinski definition) is 2. The van der Waals surface area contributed by atoms with E-state index in [0.29, 0.717) is 12.8 Å². The molecule has 0 aromatic carbocycles. The minimum absolute atomic E-state index is 0.126. The zero-order valence-corrected chi connectivity index (χ0v) is 35.6. The number of carbonyl (C=O) groups excluding carboxylic acids is 4. The van der Waals surface area contributed by atoms with Crippen molar-refractivity contribution in [1.29, 1.82) is 0 Å². The molecule has 12 nitrogen and oxygen atoms in total. The van der Waals surface area contributed by atoms with E-state index in [4.69, 9.17) is 25.6 Å². The average molecular weight is 804 g/mol. The van der Waals surface area contributed by atoms with Gasteiger partial charge in [-0.2, -0.15) is 0 Å². The van der Waals surface area contributed by atoms with Crippen LogP contribution in [0.15, 0.2) is 0 Å². The van der Waals surface area contributed by atoms with Crippen LogP contribution in [0.4, 0.5) is 0 Å². The monoisotopic (exact) mass is 804 g/mol. The van der Waals surface area contributed by atoms with Crippen molar-refractivity contribution < 1.29 is 51.9 Å². The lowest BCUT2D eigenvalue weighted by molar-refractivity contribution is -0.161. The Hall–Kier alpha value is -2.01. The first kappa shape index (κ1) is 53.0. The summed E-state index contributed by atoms with van der Waals surface area (Å²) in [5.41, 5.74) is 0. The molecule has 0 saturated heterocycles. The summed E-state index contributed by atoms with van der Waals surface area (Å²) in [5.74, 6) is -2.18. The molecule has 0 heterocycles. The Kier molecular flexibility index (Phi) is 37.4. The lowest BCUT2D eigenvalue weighted by Crippen LogP contribution is -2.30. The molecule has 2 radical (unpaired) electrons. The van der Waals surface area contributed by atoms with Crippen LogP contribution in [0.1, 0.15) is 206 Å². The van der Waals surface area contributed by atoms with E-state index in [0.717, 1.165) is 38.5 Å². The van der Waals surface area contributed by atoms with Gasteiger partial charge >= 0.3 is 25.7 Å². The van der Waals surface area contributed by atoms with Gasteiger partial charge in [0.15, 0.2) is 13.2 Å². The normalized spacial score (nSPS) is 12.9. The Labute approximate surface area is 334 Å². The molecular weight excluding hydrogens is 725 g/mol. The van der Waals surface area contributed by atoms with E-state index < -0.39 is 44.3 Å². The third-order valence-corrected chi connectivity index (χ3v) is 10.5. The van der Waals surface area contributed by atoms with Gasteiger partial charge in [-0.1, -0.05) is 168 Å². The van der Waals surface area contributed by atoms with Crippen molar-refractivity contribution in [1.82, 2.24) is 5.32 Å². The number of ether oxygens (including phenoxy) is 3. The summed E-state index contributed by atoms with van der Waals surface area (Å²) in [4.78, 5) is 58.1. The van der Waals surface area contributed by atoms with Crippen LogP contribution in [0, 0.1) is 7.11 Å². The Morgan fingerprint density at radius 1 is 0.545 bits per heavy atom. The third-order valence-electron chi connectivity index (χ3n) is 9.49. The van der Waals surface area contributed by atoms with Crippen LogP contribution in [0.5, 0.6) is 0 Å². The first-order chi connectivity index (χ1) is 26.6. The van der Waals surface area contributed by atoms with E-state index in [-0.39, 0.29) is 45.4 Å². The fourth-order valence-electron chi connectivity index (χ4n) is 6.12. The minimum atomic E-state index is -4.60. The molecule has 0 fully saturated rings. The third kappa shape index (κ3) is 38.6. The van der Waals surface area contributed by atoms with Gasteiger partial charge in [0.05, 0.1) is 19.6 Å².